The first-order valence-corrected chi connectivity index (χ1v) is 19.4. The SMILES string of the molecule is CC(=O)N[C@H]1[C@H](O[C@H]2[C@H](O[C@@H]3O[C@@H](C)[C@@H](O)[C@@H](O)[C@@H]3O)[C@@H](NC(C)=O)C(O)O[C@@H]2CO)O[C@H](CO)[C@@H](O[C@@H]2O[C@H](CO[C@H]3O[C@H](CO)[C@@H](O)[C@H](O)[C@@H]3O)[C@@H](O)[C@H](O)[C@@H]2O)[C@@H]1O. The second-order valence-corrected chi connectivity index (χ2v) is 15.4. The lowest BCUT2D eigenvalue weighted by atomic mass is 9.93. The average molecular weight is 895 g/mol. The van der Waals surface area contributed by atoms with Crippen molar-refractivity contribution in [3.63, 3.8) is 0 Å². The summed E-state index contributed by atoms with van der Waals surface area (Å²) in [4.78, 5) is 24.8. The van der Waals surface area contributed by atoms with Crippen LogP contribution in [0.25, 0.3) is 0 Å². The van der Waals surface area contributed by atoms with E-state index in [4.69, 9.17) is 42.6 Å². The Bertz CT molecular complexity index is 1420. The molecule has 1 unspecified atom stereocenters. The van der Waals surface area contributed by atoms with E-state index in [1.807, 2.05) is 0 Å². The highest BCUT2D eigenvalue weighted by molar-refractivity contribution is 5.73. The Morgan fingerprint density at radius 3 is 1.48 bits per heavy atom. The molecule has 25 atom stereocenters. The molecule has 5 heterocycles. The first kappa shape index (κ1) is 50.0. The number of carbonyl (C=O) groups is 2. The molecule has 5 aliphatic heterocycles. The Balaban J connectivity index is 1.37. The van der Waals surface area contributed by atoms with Gasteiger partial charge in [0.05, 0.1) is 32.5 Å². The van der Waals surface area contributed by atoms with Crippen LogP contribution in [0.4, 0.5) is 0 Å². The van der Waals surface area contributed by atoms with Gasteiger partial charge in [-0.3, -0.25) is 9.59 Å². The van der Waals surface area contributed by atoms with Gasteiger partial charge in [-0.1, -0.05) is 0 Å². The topological polar surface area (TPSA) is 424 Å². The van der Waals surface area contributed by atoms with Crippen molar-refractivity contribution in [2.75, 3.05) is 26.4 Å². The Morgan fingerprint density at radius 2 is 0.902 bits per heavy atom. The van der Waals surface area contributed by atoms with Crippen molar-refractivity contribution in [2.45, 2.75) is 174 Å². The lowest BCUT2D eigenvalue weighted by molar-refractivity contribution is -0.375. The summed E-state index contributed by atoms with van der Waals surface area (Å²) in [6.45, 7) is 0.0602. The summed E-state index contributed by atoms with van der Waals surface area (Å²) in [5, 5.41) is 152. The van der Waals surface area contributed by atoms with Gasteiger partial charge in [0.15, 0.2) is 31.5 Å². The lowest BCUT2D eigenvalue weighted by Crippen LogP contribution is -2.71. The monoisotopic (exact) mass is 894 g/mol. The highest BCUT2D eigenvalue weighted by Crippen LogP contribution is 2.35. The number of carbonyl (C=O) groups excluding carboxylic acids is 2. The Kier molecular flexibility index (Phi) is 17.5. The van der Waals surface area contributed by atoms with E-state index in [9.17, 15) is 81.1 Å². The molecule has 0 bridgehead atoms. The zero-order valence-electron chi connectivity index (χ0n) is 33.0. The summed E-state index contributed by atoms with van der Waals surface area (Å²) >= 11 is 0. The molecule has 354 valence electrons. The third-order valence-corrected chi connectivity index (χ3v) is 11.1. The van der Waals surface area contributed by atoms with Crippen molar-refractivity contribution < 1.29 is 124 Å². The van der Waals surface area contributed by atoms with Crippen LogP contribution in [0.5, 0.6) is 0 Å². The number of hydrogen-bond acceptors (Lipinski definition) is 25. The summed E-state index contributed by atoms with van der Waals surface area (Å²) < 4.78 is 51.4. The fourth-order valence-corrected chi connectivity index (χ4v) is 7.67. The molecule has 61 heavy (non-hydrogen) atoms. The largest absolute Gasteiger partial charge is 0.394 e. The minimum atomic E-state index is -2.06. The zero-order chi connectivity index (χ0) is 45.2. The van der Waals surface area contributed by atoms with Gasteiger partial charge in [0.2, 0.25) is 11.8 Å². The van der Waals surface area contributed by atoms with Gasteiger partial charge >= 0.3 is 0 Å². The second-order valence-electron chi connectivity index (χ2n) is 15.4. The molecule has 5 aliphatic rings. The van der Waals surface area contributed by atoms with E-state index in [1.54, 1.807) is 0 Å². The molecule has 16 N–H and O–H groups in total. The van der Waals surface area contributed by atoms with E-state index >= 15 is 0 Å². The van der Waals surface area contributed by atoms with Crippen molar-refractivity contribution >= 4 is 11.8 Å². The maximum Gasteiger partial charge on any atom is 0.217 e. The van der Waals surface area contributed by atoms with Crippen LogP contribution in [-0.2, 0) is 52.2 Å². The third kappa shape index (κ3) is 10.9. The molecular weight excluding hydrogens is 836 g/mol. The molecular formula is C34H58N2O25. The summed E-state index contributed by atoms with van der Waals surface area (Å²) in [5.74, 6) is -1.52. The molecule has 5 fully saturated rings. The van der Waals surface area contributed by atoms with Crippen molar-refractivity contribution in [3.8, 4) is 0 Å². The van der Waals surface area contributed by atoms with Crippen molar-refractivity contribution in [2.24, 2.45) is 0 Å². The van der Waals surface area contributed by atoms with Gasteiger partial charge in [0.1, 0.15) is 116 Å². The molecule has 27 heteroatoms. The summed E-state index contributed by atoms with van der Waals surface area (Å²) in [7, 11) is 0. The highest BCUT2D eigenvalue weighted by atomic mass is 16.8. The maximum atomic E-state index is 12.5. The van der Waals surface area contributed by atoms with Gasteiger partial charge in [0.25, 0.3) is 0 Å². The fourth-order valence-electron chi connectivity index (χ4n) is 7.67. The highest BCUT2D eigenvalue weighted by Gasteiger charge is 2.56. The minimum absolute atomic E-state index is 0.732. The molecule has 0 saturated carbocycles. The van der Waals surface area contributed by atoms with E-state index in [2.05, 4.69) is 10.6 Å². The zero-order valence-corrected chi connectivity index (χ0v) is 33.0. The van der Waals surface area contributed by atoms with Crippen LogP contribution in [0, 0.1) is 0 Å². The first-order valence-electron chi connectivity index (χ1n) is 19.4. The smallest absolute Gasteiger partial charge is 0.217 e. The van der Waals surface area contributed by atoms with Gasteiger partial charge in [-0.15, -0.1) is 0 Å². The Labute approximate surface area is 346 Å². The van der Waals surface area contributed by atoms with Gasteiger partial charge in [-0.25, -0.2) is 0 Å². The van der Waals surface area contributed by atoms with E-state index in [-0.39, 0.29) is 0 Å². The number of amides is 2. The van der Waals surface area contributed by atoms with Crippen LogP contribution >= 0.6 is 0 Å². The lowest BCUT2D eigenvalue weighted by Gasteiger charge is -2.51. The van der Waals surface area contributed by atoms with Crippen molar-refractivity contribution in [1.29, 1.82) is 0 Å². The molecule has 5 rings (SSSR count). The summed E-state index contributed by atoms with van der Waals surface area (Å²) in [6, 6.07) is -3.26. The molecule has 0 spiro atoms. The number of nitrogens with one attached hydrogen (secondary N) is 2. The molecule has 0 radical (unpaired) electrons. The molecule has 0 aliphatic carbocycles. The number of rotatable bonds is 14. The quantitative estimate of drug-likeness (QED) is 0.0770. The van der Waals surface area contributed by atoms with Crippen LogP contribution in [0.3, 0.4) is 0 Å². The van der Waals surface area contributed by atoms with Crippen molar-refractivity contribution in [1.82, 2.24) is 10.6 Å². The van der Waals surface area contributed by atoms with E-state index in [0.717, 1.165) is 13.8 Å². The van der Waals surface area contributed by atoms with Gasteiger partial charge in [-0.2, -0.15) is 0 Å². The minimum Gasteiger partial charge on any atom is -0.394 e. The average Bonchev–Trinajstić information content (AvgIpc) is 3.22. The van der Waals surface area contributed by atoms with Crippen LogP contribution < -0.4 is 10.6 Å². The maximum absolute atomic E-state index is 12.5. The summed E-state index contributed by atoms with van der Waals surface area (Å²) in [5.41, 5.74) is 0. The molecule has 2 amide bonds. The normalized spacial score (nSPS) is 49.6. The van der Waals surface area contributed by atoms with Crippen LogP contribution in [-0.4, -0.2) is 263 Å². The van der Waals surface area contributed by atoms with Gasteiger partial charge in [0, 0.05) is 13.8 Å². The van der Waals surface area contributed by atoms with Crippen LogP contribution in [0.1, 0.15) is 20.8 Å². The number of ether oxygens (including phenoxy) is 9. The van der Waals surface area contributed by atoms with Gasteiger partial charge < -0.3 is 125 Å². The molecule has 0 aromatic carbocycles. The standard InChI is InChI=1S/C34H58N2O25/c1-8-17(42)21(46)25(50)33(54-8)61-29-16(36-10(3)41)30(52)55-13(6-39)28(29)60-31-15(35-9(2)40)20(45)27(12(5-38)57-31)59-34-26(51)23(48)19(44)14(58-34)7-53-32-24(49)22(47)18(43)11(4-37)56-32/h8,11-34,37-39,42-52H,4-7H2,1-3H3,(H,35,40)(H,36,41)/t8-,11+,12+,13+,14+,15+,16+,17+,18+,19+,20+,21+,22-,23-,24-,25-,26-,27+,28+,29+,30?,31-,32-,33-,34-/m0/s1. The van der Waals surface area contributed by atoms with E-state index < -0.39 is 192 Å². The molecule has 0 aromatic heterocycles. The predicted molar refractivity (Wildman–Crippen MR) is 188 cm³/mol. The van der Waals surface area contributed by atoms with E-state index in [0.29, 0.717) is 0 Å². The van der Waals surface area contributed by atoms with E-state index in [1.165, 1.54) is 6.92 Å². The molecule has 0 aromatic rings. The predicted octanol–water partition coefficient (Wildman–Crippen LogP) is -10.6. The first-order chi connectivity index (χ1) is 28.7. The number of aliphatic hydroxyl groups is 14. The van der Waals surface area contributed by atoms with Crippen molar-refractivity contribution in [3.05, 3.63) is 0 Å². The number of aliphatic hydroxyl groups excluding tert-OH is 14. The second kappa shape index (κ2) is 21.3. The Morgan fingerprint density at radius 1 is 0.459 bits per heavy atom. The number of hydrogen-bond donors (Lipinski definition) is 16. The van der Waals surface area contributed by atoms with Crippen LogP contribution in [0.15, 0.2) is 0 Å². The van der Waals surface area contributed by atoms with Crippen LogP contribution in [0.2, 0.25) is 0 Å². The Hall–Kier alpha value is -1.98. The fraction of sp³-hybridized carbons (Fsp3) is 0.941. The molecule has 27 nitrogen and oxygen atoms in total. The molecule has 5 saturated heterocycles. The summed E-state index contributed by atoms with van der Waals surface area (Å²) in [6.07, 6.45) is -40.2. The third-order valence-electron chi connectivity index (χ3n) is 11.1. The van der Waals surface area contributed by atoms with Gasteiger partial charge in [-0.05, 0) is 6.92 Å².